The number of β-lactam (4-membered cyclic amide) rings is 1. The molecule has 1 spiro atoms. The van der Waals surface area contributed by atoms with Crippen LogP contribution in [0.4, 0.5) is 15.5 Å². The van der Waals surface area contributed by atoms with Crippen LogP contribution in [-0.4, -0.2) is 51.7 Å². The summed E-state index contributed by atoms with van der Waals surface area (Å²) in [7, 11) is -1.67. The summed E-state index contributed by atoms with van der Waals surface area (Å²) >= 11 is 0. The van der Waals surface area contributed by atoms with Crippen molar-refractivity contribution in [2.75, 3.05) is 30.1 Å². The number of hydrogen-bond donors (Lipinski definition) is 1. The highest BCUT2D eigenvalue weighted by molar-refractivity contribution is 6.72. The molecular formula is C27H33FN2O5Si. The Morgan fingerprint density at radius 1 is 1.19 bits per heavy atom. The fourth-order valence-electron chi connectivity index (χ4n) is 6.26. The summed E-state index contributed by atoms with van der Waals surface area (Å²) in [6.07, 6.45) is 0.301. The van der Waals surface area contributed by atoms with Crippen LogP contribution >= 0.6 is 0 Å². The fourth-order valence-corrected chi connectivity index (χ4v) is 8.80. The van der Waals surface area contributed by atoms with Crippen LogP contribution in [0, 0.1) is 5.92 Å². The predicted molar refractivity (Wildman–Crippen MR) is 137 cm³/mol. The molecule has 0 unspecified atom stereocenters. The molecule has 36 heavy (non-hydrogen) atoms. The molecular weight excluding hydrogens is 479 g/mol. The van der Waals surface area contributed by atoms with Crippen LogP contribution in [-0.2, 0) is 26.5 Å². The van der Waals surface area contributed by atoms with E-state index in [2.05, 4.69) is 0 Å². The maximum atomic E-state index is 15.6. The standard InChI is InChI=1S/C27H33FN2O5Si/c1-17-25(36(3,4)28)23(12-14-31)35-27(17)21-15-20(34-2)9-10-22(21)30(26(27)33)16-18-5-7-19(8-6-18)29-13-11-24(29)32/h5-10,15,17,23,25,31H,11-14,16H2,1-4H3/t17-,23+,25-,27+/m1/s1. The molecule has 3 heterocycles. The van der Waals surface area contributed by atoms with Crippen LogP contribution in [0.15, 0.2) is 42.5 Å². The summed E-state index contributed by atoms with van der Waals surface area (Å²) in [5.41, 5.74) is 1.38. The number of carbonyl (C=O) groups excluding carboxylic acids is 2. The monoisotopic (exact) mass is 512 g/mol. The molecule has 0 saturated carbocycles. The lowest BCUT2D eigenvalue weighted by molar-refractivity contribution is -0.146. The molecule has 1 N–H and O–H groups in total. The van der Waals surface area contributed by atoms with E-state index in [4.69, 9.17) is 9.47 Å². The highest BCUT2D eigenvalue weighted by atomic mass is 28.4. The number of aliphatic hydroxyl groups is 1. The van der Waals surface area contributed by atoms with Crippen LogP contribution in [0.25, 0.3) is 0 Å². The van der Waals surface area contributed by atoms with Gasteiger partial charge in [0.25, 0.3) is 5.91 Å². The normalized spacial score (nSPS) is 27.6. The number of carbonyl (C=O) groups is 2. The lowest BCUT2D eigenvalue weighted by Crippen LogP contribution is -2.45. The van der Waals surface area contributed by atoms with E-state index in [-0.39, 0.29) is 24.8 Å². The van der Waals surface area contributed by atoms with Gasteiger partial charge >= 0.3 is 0 Å². The minimum atomic E-state index is -3.24. The number of aliphatic hydroxyl groups excluding tert-OH is 1. The number of benzene rings is 2. The van der Waals surface area contributed by atoms with Crippen LogP contribution < -0.4 is 14.5 Å². The van der Waals surface area contributed by atoms with Crippen molar-refractivity contribution in [1.29, 1.82) is 0 Å². The number of rotatable bonds is 7. The van der Waals surface area contributed by atoms with Gasteiger partial charge in [-0.2, -0.15) is 0 Å². The summed E-state index contributed by atoms with van der Waals surface area (Å²) in [4.78, 5) is 29.5. The number of hydrogen-bond acceptors (Lipinski definition) is 5. The van der Waals surface area contributed by atoms with Crippen molar-refractivity contribution < 1.29 is 28.3 Å². The number of fused-ring (bicyclic) bond motifs is 2. The van der Waals surface area contributed by atoms with Gasteiger partial charge in [-0.1, -0.05) is 19.1 Å². The van der Waals surface area contributed by atoms with E-state index in [0.717, 1.165) is 23.5 Å². The summed E-state index contributed by atoms with van der Waals surface area (Å²) < 4.78 is 27.6. The first-order chi connectivity index (χ1) is 17.1. The fraction of sp³-hybridized carbons (Fsp3) is 0.481. The first-order valence-electron chi connectivity index (χ1n) is 12.5. The van der Waals surface area contributed by atoms with Crippen molar-refractivity contribution in [1.82, 2.24) is 0 Å². The van der Waals surface area contributed by atoms with Gasteiger partial charge in [-0.05, 0) is 55.4 Å². The zero-order valence-electron chi connectivity index (χ0n) is 21.2. The van der Waals surface area contributed by atoms with Gasteiger partial charge in [-0.3, -0.25) is 9.59 Å². The third-order valence-corrected chi connectivity index (χ3v) is 10.5. The maximum absolute atomic E-state index is 15.6. The molecule has 9 heteroatoms. The lowest BCUT2D eigenvalue weighted by Gasteiger charge is -2.31. The van der Waals surface area contributed by atoms with E-state index in [0.29, 0.717) is 24.3 Å². The van der Waals surface area contributed by atoms with Crippen molar-refractivity contribution in [3.05, 3.63) is 53.6 Å². The number of methoxy groups -OCH3 is 1. The third-order valence-electron chi connectivity index (χ3n) is 8.02. The molecule has 2 saturated heterocycles. The Morgan fingerprint density at radius 2 is 1.92 bits per heavy atom. The van der Waals surface area contributed by atoms with Crippen LogP contribution in [0.1, 0.15) is 30.9 Å². The van der Waals surface area contributed by atoms with E-state index in [9.17, 15) is 14.7 Å². The average Bonchev–Trinajstić information content (AvgIpc) is 3.26. The van der Waals surface area contributed by atoms with Gasteiger partial charge in [0.1, 0.15) is 5.75 Å². The van der Waals surface area contributed by atoms with Gasteiger partial charge < -0.3 is 28.5 Å². The van der Waals surface area contributed by atoms with Crippen molar-refractivity contribution in [2.24, 2.45) is 5.92 Å². The largest absolute Gasteiger partial charge is 0.497 e. The Balaban J connectivity index is 1.53. The molecule has 2 aromatic rings. The molecule has 2 aromatic carbocycles. The van der Waals surface area contributed by atoms with Crippen molar-refractivity contribution >= 4 is 31.6 Å². The van der Waals surface area contributed by atoms with E-state index in [1.807, 2.05) is 49.4 Å². The van der Waals surface area contributed by atoms with Gasteiger partial charge in [0.15, 0.2) is 5.60 Å². The smallest absolute Gasteiger partial charge is 0.264 e. The summed E-state index contributed by atoms with van der Waals surface area (Å²) in [5, 5.41) is 9.69. The summed E-state index contributed by atoms with van der Waals surface area (Å²) in [5.74, 6) is 0.0786. The van der Waals surface area contributed by atoms with Crippen LogP contribution in [0.5, 0.6) is 5.75 Å². The molecule has 3 aliphatic heterocycles. The molecule has 7 nitrogen and oxygen atoms in total. The molecule has 192 valence electrons. The minimum absolute atomic E-state index is 0.112. The van der Waals surface area contributed by atoms with E-state index in [1.165, 1.54) is 0 Å². The molecule has 2 amide bonds. The SMILES string of the molecule is COc1ccc2c(c1)[C@]1(O[C@@H](CCO)[C@H]([Si](C)(C)F)[C@H]1C)C(=O)N2Cc1ccc(N2CCC2=O)cc1. The average molecular weight is 513 g/mol. The van der Waals surface area contributed by atoms with Gasteiger partial charge in [0.2, 0.25) is 14.3 Å². The van der Waals surface area contributed by atoms with Crippen LogP contribution in [0.2, 0.25) is 18.6 Å². The van der Waals surface area contributed by atoms with Gasteiger partial charge in [-0.25, -0.2) is 0 Å². The zero-order valence-corrected chi connectivity index (χ0v) is 22.2. The molecule has 0 radical (unpaired) electrons. The number of ether oxygens (including phenoxy) is 2. The Bertz CT molecular complexity index is 1180. The second-order valence-corrected chi connectivity index (χ2v) is 14.3. The van der Waals surface area contributed by atoms with E-state index >= 15 is 4.11 Å². The molecule has 0 bridgehead atoms. The van der Waals surface area contributed by atoms with Crippen molar-refractivity contribution in [3.8, 4) is 5.75 Å². The predicted octanol–water partition coefficient (Wildman–Crippen LogP) is 4.14. The zero-order chi connectivity index (χ0) is 25.8. The molecule has 0 aromatic heterocycles. The Morgan fingerprint density at radius 3 is 2.47 bits per heavy atom. The van der Waals surface area contributed by atoms with Gasteiger partial charge in [-0.15, -0.1) is 0 Å². The number of halogens is 1. The minimum Gasteiger partial charge on any atom is -0.497 e. The van der Waals surface area contributed by atoms with Gasteiger partial charge in [0.05, 0.1) is 25.4 Å². The van der Waals surface area contributed by atoms with E-state index < -0.39 is 31.6 Å². The quantitative estimate of drug-likeness (QED) is 0.343. The number of amides is 2. The first kappa shape index (κ1) is 24.9. The second-order valence-electron chi connectivity index (χ2n) is 10.5. The molecule has 4 atom stereocenters. The number of nitrogens with zero attached hydrogens (tertiary/aromatic N) is 2. The topological polar surface area (TPSA) is 79.3 Å². The van der Waals surface area contributed by atoms with Crippen molar-refractivity contribution in [2.45, 2.75) is 56.7 Å². The Hall–Kier alpha value is -2.75. The third kappa shape index (κ3) is 3.76. The Labute approximate surface area is 212 Å². The second kappa shape index (κ2) is 8.97. The Kier molecular flexibility index (Phi) is 6.21. The highest BCUT2D eigenvalue weighted by Gasteiger charge is 2.66. The highest BCUT2D eigenvalue weighted by Crippen LogP contribution is 2.60. The van der Waals surface area contributed by atoms with Gasteiger partial charge in [0, 0.05) is 42.3 Å². The van der Waals surface area contributed by atoms with E-state index in [1.54, 1.807) is 30.0 Å². The molecule has 0 aliphatic carbocycles. The lowest BCUT2D eigenvalue weighted by atomic mass is 9.82. The maximum Gasteiger partial charge on any atom is 0.264 e. The first-order valence-corrected chi connectivity index (χ1v) is 15.4. The number of anilines is 2. The van der Waals surface area contributed by atoms with Crippen molar-refractivity contribution in [3.63, 3.8) is 0 Å². The molecule has 3 aliphatic rings. The van der Waals surface area contributed by atoms with Crippen LogP contribution in [0.3, 0.4) is 0 Å². The molecule has 2 fully saturated rings. The summed E-state index contributed by atoms with van der Waals surface area (Å²) in [6, 6.07) is 13.1. The molecule has 5 rings (SSSR count). The summed E-state index contributed by atoms with van der Waals surface area (Å²) in [6.45, 7) is 6.10.